The maximum Gasteiger partial charge on any atom is 0.219 e. The predicted molar refractivity (Wildman–Crippen MR) is 56.8 cm³/mol. The fraction of sp³-hybridized carbons (Fsp3) is 0.727. The average molecular weight is 194 g/mol. The minimum Gasteiger partial charge on any atom is -0.340 e. The Balaban J connectivity index is 2.16. The molecule has 1 rings (SSSR count). The van der Waals surface area contributed by atoms with E-state index < -0.39 is 0 Å². The van der Waals surface area contributed by atoms with Gasteiger partial charge in [0, 0.05) is 39.5 Å². The second-order valence-corrected chi connectivity index (χ2v) is 3.66. The average Bonchev–Trinajstić information content (AvgIpc) is 2.19. The fourth-order valence-corrected chi connectivity index (χ4v) is 1.69. The maximum atomic E-state index is 11.0. The van der Waals surface area contributed by atoms with Gasteiger partial charge in [0.25, 0.3) is 0 Å². The summed E-state index contributed by atoms with van der Waals surface area (Å²) in [4.78, 5) is 15.3. The number of nitrogens with zero attached hydrogens (tertiary/aromatic N) is 2. The van der Waals surface area contributed by atoms with Crippen molar-refractivity contribution in [2.24, 2.45) is 0 Å². The summed E-state index contributed by atoms with van der Waals surface area (Å²) in [5.41, 5.74) is 0. The summed E-state index contributed by atoms with van der Waals surface area (Å²) in [6, 6.07) is 0. The van der Waals surface area contributed by atoms with Crippen LogP contribution in [0.3, 0.4) is 0 Å². The van der Waals surface area contributed by atoms with Crippen molar-refractivity contribution in [2.75, 3.05) is 32.7 Å². The molecule has 78 valence electrons. The summed E-state index contributed by atoms with van der Waals surface area (Å²) in [5.74, 6) is 2.83. The summed E-state index contributed by atoms with van der Waals surface area (Å²) in [7, 11) is 0. The van der Waals surface area contributed by atoms with Crippen molar-refractivity contribution in [3.63, 3.8) is 0 Å². The molecule has 0 aromatic carbocycles. The van der Waals surface area contributed by atoms with Crippen LogP contribution in [0.1, 0.15) is 19.8 Å². The highest BCUT2D eigenvalue weighted by molar-refractivity contribution is 5.73. The number of carbonyl (C=O) groups excluding carboxylic acids is 1. The number of unbranched alkanes of at least 4 members (excludes halogenated alkanes) is 1. The maximum absolute atomic E-state index is 11.0. The Kier molecular flexibility index (Phi) is 4.48. The van der Waals surface area contributed by atoms with Gasteiger partial charge in [0.15, 0.2) is 0 Å². The molecule has 1 aliphatic rings. The van der Waals surface area contributed by atoms with Gasteiger partial charge in [0.2, 0.25) is 5.91 Å². The summed E-state index contributed by atoms with van der Waals surface area (Å²) >= 11 is 0. The van der Waals surface area contributed by atoms with Gasteiger partial charge in [0.1, 0.15) is 0 Å². The lowest BCUT2D eigenvalue weighted by Crippen LogP contribution is -2.48. The second-order valence-electron chi connectivity index (χ2n) is 3.66. The van der Waals surface area contributed by atoms with E-state index in [9.17, 15) is 4.79 Å². The van der Waals surface area contributed by atoms with Gasteiger partial charge in [0.05, 0.1) is 0 Å². The lowest BCUT2D eigenvalue weighted by molar-refractivity contribution is -0.130. The number of hydrogen-bond donors (Lipinski definition) is 0. The van der Waals surface area contributed by atoms with Crippen LogP contribution in [-0.4, -0.2) is 48.4 Å². The van der Waals surface area contributed by atoms with Gasteiger partial charge >= 0.3 is 0 Å². The number of hydrogen-bond acceptors (Lipinski definition) is 2. The van der Waals surface area contributed by atoms with E-state index in [1.807, 2.05) is 4.90 Å². The Labute approximate surface area is 86.1 Å². The topological polar surface area (TPSA) is 23.6 Å². The number of piperazine rings is 1. The zero-order valence-electron chi connectivity index (χ0n) is 8.83. The molecule has 1 amide bonds. The molecule has 1 heterocycles. The summed E-state index contributed by atoms with van der Waals surface area (Å²) in [6.45, 7) is 6.41. The SMILES string of the molecule is C#CCCCN1CCN(C(C)=O)CC1. The molecular weight excluding hydrogens is 176 g/mol. The monoisotopic (exact) mass is 194 g/mol. The highest BCUT2D eigenvalue weighted by Gasteiger charge is 2.17. The molecule has 0 aromatic heterocycles. The third-order valence-electron chi connectivity index (χ3n) is 2.61. The van der Waals surface area contributed by atoms with Crippen molar-refractivity contribution < 1.29 is 4.79 Å². The highest BCUT2D eigenvalue weighted by atomic mass is 16.2. The van der Waals surface area contributed by atoms with Gasteiger partial charge in [-0.05, 0) is 13.0 Å². The Morgan fingerprint density at radius 2 is 2.00 bits per heavy atom. The second kappa shape index (κ2) is 5.66. The minimum absolute atomic E-state index is 0.188. The minimum atomic E-state index is 0.188. The van der Waals surface area contributed by atoms with Crippen LogP contribution < -0.4 is 0 Å². The standard InChI is InChI=1S/C11H18N2O/c1-3-4-5-6-12-7-9-13(10-8-12)11(2)14/h1H,4-10H2,2H3. The summed E-state index contributed by atoms with van der Waals surface area (Å²) in [6.07, 6.45) is 7.10. The van der Waals surface area contributed by atoms with E-state index in [1.165, 1.54) is 0 Å². The molecule has 14 heavy (non-hydrogen) atoms. The van der Waals surface area contributed by atoms with Crippen LogP contribution in [0.4, 0.5) is 0 Å². The number of carbonyl (C=O) groups is 1. The molecule has 1 saturated heterocycles. The van der Waals surface area contributed by atoms with Gasteiger partial charge in [-0.1, -0.05) is 0 Å². The first-order valence-corrected chi connectivity index (χ1v) is 5.15. The molecule has 0 unspecified atom stereocenters. The van der Waals surface area contributed by atoms with E-state index in [2.05, 4.69) is 10.8 Å². The first kappa shape index (κ1) is 11.1. The molecule has 0 N–H and O–H groups in total. The molecular formula is C11H18N2O. The Hall–Kier alpha value is -1.01. The molecule has 0 atom stereocenters. The summed E-state index contributed by atoms with van der Waals surface area (Å²) in [5, 5.41) is 0. The Bertz CT molecular complexity index is 224. The molecule has 0 aromatic rings. The zero-order valence-corrected chi connectivity index (χ0v) is 8.83. The van der Waals surface area contributed by atoms with E-state index in [0.29, 0.717) is 0 Å². The van der Waals surface area contributed by atoms with E-state index in [-0.39, 0.29) is 5.91 Å². The largest absolute Gasteiger partial charge is 0.340 e. The molecule has 0 radical (unpaired) electrons. The van der Waals surface area contributed by atoms with E-state index in [0.717, 1.165) is 45.6 Å². The van der Waals surface area contributed by atoms with Crippen LogP contribution in [0.15, 0.2) is 0 Å². The fourth-order valence-electron chi connectivity index (χ4n) is 1.69. The van der Waals surface area contributed by atoms with E-state index in [1.54, 1.807) is 6.92 Å². The first-order valence-electron chi connectivity index (χ1n) is 5.15. The molecule has 1 aliphatic heterocycles. The van der Waals surface area contributed by atoms with Crippen LogP contribution in [0.25, 0.3) is 0 Å². The van der Waals surface area contributed by atoms with Gasteiger partial charge in [-0.25, -0.2) is 0 Å². The van der Waals surface area contributed by atoms with Crippen molar-refractivity contribution in [1.82, 2.24) is 9.80 Å². The summed E-state index contributed by atoms with van der Waals surface area (Å²) < 4.78 is 0. The Morgan fingerprint density at radius 1 is 1.36 bits per heavy atom. The lowest BCUT2D eigenvalue weighted by Gasteiger charge is -2.34. The van der Waals surface area contributed by atoms with Crippen molar-refractivity contribution in [1.29, 1.82) is 0 Å². The molecule has 1 fully saturated rings. The smallest absolute Gasteiger partial charge is 0.219 e. The van der Waals surface area contributed by atoms with Crippen molar-refractivity contribution in [2.45, 2.75) is 19.8 Å². The van der Waals surface area contributed by atoms with Crippen LogP contribution in [-0.2, 0) is 4.79 Å². The number of terminal acetylenes is 1. The third kappa shape index (κ3) is 3.39. The van der Waals surface area contributed by atoms with Gasteiger partial charge in [-0.2, -0.15) is 0 Å². The van der Waals surface area contributed by atoms with Gasteiger partial charge in [-0.15, -0.1) is 12.3 Å². The molecule has 0 aliphatic carbocycles. The number of rotatable bonds is 3. The van der Waals surface area contributed by atoms with E-state index >= 15 is 0 Å². The molecule has 0 bridgehead atoms. The van der Waals surface area contributed by atoms with Crippen LogP contribution in [0.2, 0.25) is 0 Å². The van der Waals surface area contributed by atoms with Crippen molar-refractivity contribution in [3.8, 4) is 12.3 Å². The number of amides is 1. The van der Waals surface area contributed by atoms with Crippen molar-refractivity contribution in [3.05, 3.63) is 0 Å². The van der Waals surface area contributed by atoms with Gasteiger partial charge < -0.3 is 4.90 Å². The highest BCUT2D eigenvalue weighted by Crippen LogP contribution is 2.03. The molecule has 0 spiro atoms. The quantitative estimate of drug-likeness (QED) is 0.484. The van der Waals surface area contributed by atoms with Crippen LogP contribution >= 0.6 is 0 Å². The normalized spacial score (nSPS) is 17.9. The van der Waals surface area contributed by atoms with Gasteiger partial charge in [-0.3, -0.25) is 9.69 Å². The van der Waals surface area contributed by atoms with Crippen LogP contribution in [0, 0.1) is 12.3 Å². The predicted octanol–water partition coefficient (Wildman–Crippen LogP) is 0.564. The molecule has 3 heteroatoms. The zero-order chi connectivity index (χ0) is 10.4. The van der Waals surface area contributed by atoms with Crippen molar-refractivity contribution >= 4 is 5.91 Å². The first-order chi connectivity index (χ1) is 6.74. The van der Waals surface area contributed by atoms with Crippen LogP contribution in [0.5, 0.6) is 0 Å². The molecule has 3 nitrogen and oxygen atoms in total. The molecule has 0 saturated carbocycles. The Morgan fingerprint density at radius 3 is 2.50 bits per heavy atom. The van der Waals surface area contributed by atoms with E-state index in [4.69, 9.17) is 6.42 Å². The third-order valence-corrected chi connectivity index (χ3v) is 2.61. The lowest BCUT2D eigenvalue weighted by atomic mass is 10.2.